The van der Waals surface area contributed by atoms with Crippen molar-refractivity contribution in [3.05, 3.63) is 28.2 Å². The lowest BCUT2D eigenvalue weighted by Crippen LogP contribution is -2.13. The Morgan fingerprint density at radius 1 is 1.50 bits per heavy atom. The first-order chi connectivity index (χ1) is 7.67. The third-order valence-electron chi connectivity index (χ3n) is 2.32. The predicted octanol–water partition coefficient (Wildman–Crippen LogP) is 3.04. The van der Waals surface area contributed by atoms with E-state index in [0.29, 0.717) is 13.0 Å². The molecule has 0 saturated carbocycles. The second-order valence-corrected chi connectivity index (χ2v) is 4.57. The van der Waals surface area contributed by atoms with Gasteiger partial charge in [-0.2, -0.15) is 0 Å². The molecule has 0 bridgehead atoms. The zero-order chi connectivity index (χ0) is 12.0. The molecule has 0 unspecified atom stereocenters. The average molecular weight is 285 g/mol. The highest BCUT2D eigenvalue weighted by atomic mass is 79.9. The lowest BCUT2D eigenvalue weighted by atomic mass is 10.1. The van der Waals surface area contributed by atoms with Gasteiger partial charge in [0.25, 0.3) is 0 Å². The molecule has 1 rings (SSSR count). The number of hydrogen-bond acceptors (Lipinski definition) is 2. The van der Waals surface area contributed by atoms with E-state index in [1.54, 1.807) is 0 Å². The van der Waals surface area contributed by atoms with Crippen molar-refractivity contribution in [3.63, 3.8) is 0 Å². The van der Waals surface area contributed by atoms with E-state index < -0.39 is 0 Å². The lowest BCUT2D eigenvalue weighted by molar-refractivity contribution is -0.116. The molecule has 3 N–H and O–H groups in total. The number of amides is 1. The van der Waals surface area contributed by atoms with Crippen LogP contribution in [-0.4, -0.2) is 5.91 Å². The molecule has 0 saturated heterocycles. The van der Waals surface area contributed by atoms with Gasteiger partial charge in [0.2, 0.25) is 5.91 Å². The van der Waals surface area contributed by atoms with E-state index in [1.165, 1.54) is 0 Å². The number of rotatable bonds is 5. The highest BCUT2D eigenvalue weighted by Crippen LogP contribution is 2.20. The third kappa shape index (κ3) is 3.94. The largest absolute Gasteiger partial charge is 0.326 e. The van der Waals surface area contributed by atoms with Crippen molar-refractivity contribution in [2.24, 2.45) is 5.73 Å². The van der Waals surface area contributed by atoms with Crippen LogP contribution >= 0.6 is 15.9 Å². The summed E-state index contributed by atoms with van der Waals surface area (Å²) in [5.74, 6) is 0.0545. The number of carbonyl (C=O) groups is 1. The lowest BCUT2D eigenvalue weighted by Gasteiger charge is -2.10. The van der Waals surface area contributed by atoms with E-state index in [4.69, 9.17) is 5.73 Å². The molecule has 0 spiro atoms. The number of benzene rings is 1. The van der Waals surface area contributed by atoms with E-state index in [9.17, 15) is 4.79 Å². The maximum Gasteiger partial charge on any atom is 0.224 e. The van der Waals surface area contributed by atoms with Crippen LogP contribution in [-0.2, 0) is 11.3 Å². The summed E-state index contributed by atoms with van der Waals surface area (Å²) in [6, 6.07) is 5.69. The van der Waals surface area contributed by atoms with Crippen LogP contribution < -0.4 is 11.1 Å². The number of halogens is 1. The van der Waals surface area contributed by atoms with Gasteiger partial charge in [0.05, 0.1) is 0 Å². The maximum absolute atomic E-state index is 11.6. The Labute approximate surface area is 105 Å². The van der Waals surface area contributed by atoms with E-state index in [0.717, 1.165) is 28.6 Å². The van der Waals surface area contributed by atoms with Crippen LogP contribution in [0.4, 0.5) is 5.69 Å². The Morgan fingerprint density at radius 2 is 2.25 bits per heavy atom. The molecule has 1 aromatic carbocycles. The molecule has 0 aliphatic carbocycles. The van der Waals surface area contributed by atoms with Gasteiger partial charge in [0, 0.05) is 23.1 Å². The van der Waals surface area contributed by atoms with Crippen LogP contribution in [0.1, 0.15) is 31.7 Å². The topological polar surface area (TPSA) is 55.1 Å². The zero-order valence-electron chi connectivity index (χ0n) is 9.42. The van der Waals surface area contributed by atoms with Crippen molar-refractivity contribution >= 4 is 27.5 Å². The molecule has 0 fully saturated rings. The van der Waals surface area contributed by atoms with Crippen molar-refractivity contribution in [2.75, 3.05) is 5.32 Å². The van der Waals surface area contributed by atoms with Crippen molar-refractivity contribution in [1.82, 2.24) is 0 Å². The molecule has 0 aliphatic heterocycles. The minimum atomic E-state index is 0.0545. The van der Waals surface area contributed by atoms with Gasteiger partial charge in [-0.05, 0) is 30.2 Å². The van der Waals surface area contributed by atoms with Gasteiger partial charge in [0.1, 0.15) is 0 Å². The molecule has 1 aromatic rings. The highest BCUT2D eigenvalue weighted by Gasteiger charge is 2.05. The summed E-state index contributed by atoms with van der Waals surface area (Å²) in [6.07, 6.45) is 2.51. The molecule has 3 nitrogen and oxygen atoms in total. The molecule has 16 heavy (non-hydrogen) atoms. The van der Waals surface area contributed by atoms with Gasteiger partial charge in [0.15, 0.2) is 0 Å². The Morgan fingerprint density at radius 3 is 2.88 bits per heavy atom. The van der Waals surface area contributed by atoms with Crippen LogP contribution in [0.3, 0.4) is 0 Å². The fourth-order valence-electron chi connectivity index (χ4n) is 1.40. The first-order valence-corrected chi connectivity index (χ1v) is 6.25. The van der Waals surface area contributed by atoms with Gasteiger partial charge in [-0.3, -0.25) is 4.79 Å². The fourth-order valence-corrected chi connectivity index (χ4v) is 1.81. The summed E-state index contributed by atoms with van der Waals surface area (Å²) in [5.41, 5.74) is 7.38. The molecule has 0 radical (unpaired) electrons. The molecule has 88 valence electrons. The molecule has 4 heteroatoms. The molecule has 0 aliphatic rings. The standard InChI is InChI=1S/C12H17BrN2O/c1-2-3-4-12(16)15-11-6-5-10(13)7-9(11)8-14/h5-7H,2-4,8,14H2,1H3,(H,15,16). The van der Waals surface area contributed by atoms with Crippen LogP contribution in [0.25, 0.3) is 0 Å². The number of unbranched alkanes of at least 4 members (excludes halogenated alkanes) is 1. The van der Waals surface area contributed by atoms with Crippen molar-refractivity contribution in [2.45, 2.75) is 32.7 Å². The number of hydrogen-bond donors (Lipinski definition) is 2. The van der Waals surface area contributed by atoms with Crippen LogP contribution in [0.2, 0.25) is 0 Å². The number of nitrogens with one attached hydrogen (secondary N) is 1. The average Bonchev–Trinajstić information content (AvgIpc) is 2.28. The normalized spacial score (nSPS) is 10.2. The minimum Gasteiger partial charge on any atom is -0.326 e. The van der Waals surface area contributed by atoms with E-state index in [1.807, 2.05) is 18.2 Å². The summed E-state index contributed by atoms with van der Waals surface area (Å²) in [4.78, 5) is 11.6. The van der Waals surface area contributed by atoms with Crippen molar-refractivity contribution in [3.8, 4) is 0 Å². The summed E-state index contributed by atoms with van der Waals surface area (Å²) in [6.45, 7) is 2.49. The second-order valence-electron chi connectivity index (χ2n) is 3.66. The van der Waals surface area contributed by atoms with Crippen molar-refractivity contribution < 1.29 is 4.79 Å². The number of nitrogens with two attached hydrogens (primary N) is 1. The Kier molecular flexibility index (Phi) is 5.49. The summed E-state index contributed by atoms with van der Waals surface area (Å²) in [5, 5.41) is 2.88. The van der Waals surface area contributed by atoms with Gasteiger partial charge < -0.3 is 11.1 Å². The second kappa shape index (κ2) is 6.66. The van der Waals surface area contributed by atoms with Gasteiger partial charge in [-0.25, -0.2) is 0 Å². The third-order valence-corrected chi connectivity index (χ3v) is 2.81. The van der Waals surface area contributed by atoms with Gasteiger partial charge >= 0.3 is 0 Å². The summed E-state index contributed by atoms with van der Waals surface area (Å²) >= 11 is 3.38. The quantitative estimate of drug-likeness (QED) is 0.873. The predicted molar refractivity (Wildman–Crippen MR) is 70.2 cm³/mol. The van der Waals surface area contributed by atoms with E-state index >= 15 is 0 Å². The molecule has 0 atom stereocenters. The molecular weight excluding hydrogens is 268 g/mol. The Bertz CT molecular complexity index is 366. The van der Waals surface area contributed by atoms with E-state index in [-0.39, 0.29) is 5.91 Å². The highest BCUT2D eigenvalue weighted by molar-refractivity contribution is 9.10. The van der Waals surface area contributed by atoms with Crippen LogP contribution in [0.15, 0.2) is 22.7 Å². The monoisotopic (exact) mass is 284 g/mol. The Hall–Kier alpha value is -0.870. The van der Waals surface area contributed by atoms with Crippen molar-refractivity contribution in [1.29, 1.82) is 0 Å². The van der Waals surface area contributed by atoms with Crippen LogP contribution in [0.5, 0.6) is 0 Å². The maximum atomic E-state index is 11.6. The van der Waals surface area contributed by atoms with Gasteiger partial charge in [-0.15, -0.1) is 0 Å². The van der Waals surface area contributed by atoms with Crippen LogP contribution in [0, 0.1) is 0 Å². The molecular formula is C12H17BrN2O. The molecule has 1 amide bonds. The zero-order valence-corrected chi connectivity index (χ0v) is 11.0. The smallest absolute Gasteiger partial charge is 0.224 e. The van der Waals surface area contributed by atoms with E-state index in [2.05, 4.69) is 28.2 Å². The first-order valence-electron chi connectivity index (χ1n) is 5.45. The summed E-state index contributed by atoms with van der Waals surface area (Å²) < 4.78 is 0.972. The Balaban J connectivity index is 2.69. The first kappa shape index (κ1) is 13.2. The summed E-state index contributed by atoms with van der Waals surface area (Å²) in [7, 11) is 0. The molecule has 0 aromatic heterocycles. The number of anilines is 1. The minimum absolute atomic E-state index is 0.0545. The fraction of sp³-hybridized carbons (Fsp3) is 0.417. The SMILES string of the molecule is CCCCC(=O)Nc1ccc(Br)cc1CN. The van der Waals surface area contributed by atoms with Gasteiger partial charge in [-0.1, -0.05) is 29.3 Å². The molecule has 0 heterocycles. The number of carbonyl (C=O) groups excluding carboxylic acids is 1.